The van der Waals surface area contributed by atoms with E-state index in [-0.39, 0.29) is 11.9 Å². The molecule has 1 unspecified atom stereocenters. The summed E-state index contributed by atoms with van der Waals surface area (Å²) >= 11 is 7.63. The molecule has 1 aromatic heterocycles. The molecular formula is C16H19ClFNS. The predicted octanol–water partition coefficient (Wildman–Crippen LogP) is 5.25. The van der Waals surface area contributed by atoms with E-state index >= 15 is 0 Å². The van der Waals surface area contributed by atoms with Gasteiger partial charge in [-0.1, -0.05) is 18.5 Å². The minimum atomic E-state index is -0.179. The Balaban J connectivity index is 2.46. The smallest absolute Gasteiger partial charge is 0.123 e. The Hall–Kier alpha value is -0.900. The third-order valence-electron chi connectivity index (χ3n) is 3.32. The van der Waals surface area contributed by atoms with Crippen molar-refractivity contribution >= 4 is 22.9 Å². The van der Waals surface area contributed by atoms with Crippen LogP contribution in [0, 0.1) is 19.7 Å². The number of aryl methyl sites for hydroxylation is 2. The minimum absolute atomic E-state index is 0.0769. The highest BCUT2D eigenvalue weighted by atomic mass is 35.5. The van der Waals surface area contributed by atoms with E-state index in [1.165, 1.54) is 4.88 Å². The SMILES string of the molecule is CCCNC(c1ccc(Cl)s1)c1c(C)cc(F)cc1C. The van der Waals surface area contributed by atoms with Crippen LogP contribution < -0.4 is 5.32 Å². The Morgan fingerprint density at radius 3 is 2.40 bits per heavy atom. The fourth-order valence-corrected chi connectivity index (χ4v) is 3.64. The number of nitrogens with one attached hydrogen (secondary N) is 1. The van der Waals surface area contributed by atoms with E-state index in [4.69, 9.17) is 11.6 Å². The van der Waals surface area contributed by atoms with Crippen LogP contribution in [0.1, 0.15) is 41.0 Å². The van der Waals surface area contributed by atoms with E-state index in [1.807, 2.05) is 26.0 Å². The molecule has 0 saturated heterocycles. The average Bonchev–Trinajstić information content (AvgIpc) is 2.78. The maximum Gasteiger partial charge on any atom is 0.123 e. The van der Waals surface area contributed by atoms with Gasteiger partial charge in [0.05, 0.1) is 10.4 Å². The Morgan fingerprint density at radius 2 is 1.90 bits per heavy atom. The molecule has 0 aliphatic rings. The van der Waals surface area contributed by atoms with E-state index in [1.54, 1.807) is 23.5 Å². The zero-order chi connectivity index (χ0) is 14.7. The third-order valence-corrected chi connectivity index (χ3v) is 4.62. The Bertz CT molecular complexity index is 571. The van der Waals surface area contributed by atoms with Crippen LogP contribution in [0.4, 0.5) is 4.39 Å². The molecule has 0 aliphatic heterocycles. The number of halogens is 2. The average molecular weight is 312 g/mol. The van der Waals surface area contributed by atoms with E-state index in [2.05, 4.69) is 12.2 Å². The lowest BCUT2D eigenvalue weighted by atomic mass is 9.94. The molecule has 0 saturated carbocycles. The molecule has 0 radical (unpaired) electrons. The van der Waals surface area contributed by atoms with Crippen LogP contribution in [-0.2, 0) is 0 Å². The van der Waals surface area contributed by atoms with Crippen molar-refractivity contribution in [3.63, 3.8) is 0 Å². The normalized spacial score (nSPS) is 12.7. The lowest BCUT2D eigenvalue weighted by molar-refractivity contribution is 0.592. The topological polar surface area (TPSA) is 12.0 Å². The van der Waals surface area contributed by atoms with Crippen LogP contribution in [0.15, 0.2) is 24.3 Å². The van der Waals surface area contributed by atoms with Gasteiger partial charge in [-0.3, -0.25) is 0 Å². The van der Waals surface area contributed by atoms with Crippen molar-refractivity contribution in [1.82, 2.24) is 5.32 Å². The second kappa shape index (κ2) is 6.70. The van der Waals surface area contributed by atoms with Gasteiger partial charge in [0.2, 0.25) is 0 Å². The number of rotatable bonds is 5. The summed E-state index contributed by atoms with van der Waals surface area (Å²) in [5.74, 6) is -0.179. The molecule has 0 bridgehead atoms. The molecule has 1 atom stereocenters. The van der Waals surface area contributed by atoms with Crippen LogP contribution in [0.25, 0.3) is 0 Å². The van der Waals surface area contributed by atoms with Gasteiger partial charge < -0.3 is 5.32 Å². The summed E-state index contributed by atoms with van der Waals surface area (Å²) in [6.45, 7) is 6.97. The summed E-state index contributed by atoms with van der Waals surface area (Å²) in [4.78, 5) is 1.17. The van der Waals surface area contributed by atoms with Crippen molar-refractivity contribution < 1.29 is 4.39 Å². The standard InChI is InChI=1S/C16H19ClFNS/c1-4-7-19-16(13-5-6-14(17)20-13)15-10(2)8-12(18)9-11(15)3/h5-6,8-9,16,19H,4,7H2,1-3H3. The molecule has 1 heterocycles. The Labute approximate surface area is 128 Å². The van der Waals surface area contributed by atoms with Gasteiger partial charge >= 0.3 is 0 Å². The fraction of sp³-hybridized carbons (Fsp3) is 0.375. The van der Waals surface area contributed by atoms with Gasteiger partial charge in [0.25, 0.3) is 0 Å². The molecule has 108 valence electrons. The van der Waals surface area contributed by atoms with Crippen LogP contribution in [0.2, 0.25) is 4.34 Å². The highest BCUT2D eigenvalue weighted by molar-refractivity contribution is 7.16. The number of benzene rings is 1. The first-order valence-corrected chi connectivity index (χ1v) is 7.97. The lowest BCUT2D eigenvalue weighted by Crippen LogP contribution is -2.24. The van der Waals surface area contributed by atoms with Gasteiger partial charge in [-0.05, 0) is 67.8 Å². The van der Waals surface area contributed by atoms with Crippen LogP contribution in [-0.4, -0.2) is 6.54 Å². The lowest BCUT2D eigenvalue weighted by Gasteiger charge is -2.22. The molecule has 1 aromatic carbocycles. The second-order valence-corrected chi connectivity index (χ2v) is 6.73. The molecule has 2 rings (SSSR count). The summed E-state index contributed by atoms with van der Waals surface area (Å²) < 4.78 is 14.3. The van der Waals surface area contributed by atoms with Crippen molar-refractivity contribution in [2.75, 3.05) is 6.54 Å². The highest BCUT2D eigenvalue weighted by Crippen LogP contribution is 2.34. The van der Waals surface area contributed by atoms with E-state index in [9.17, 15) is 4.39 Å². The Kier molecular flexibility index (Phi) is 5.19. The first kappa shape index (κ1) is 15.5. The van der Waals surface area contributed by atoms with Crippen LogP contribution in [0.3, 0.4) is 0 Å². The molecule has 0 aliphatic carbocycles. The first-order valence-electron chi connectivity index (χ1n) is 6.78. The van der Waals surface area contributed by atoms with Gasteiger partial charge in [-0.2, -0.15) is 0 Å². The quantitative estimate of drug-likeness (QED) is 0.795. The maximum absolute atomic E-state index is 13.5. The summed E-state index contributed by atoms with van der Waals surface area (Å²) in [5.41, 5.74) is 3.10. The van der Waals surface area contributed by atoms with Crippen molar-refractivity contribution in [2.45, 2.75) is 33.2 Å². The van der Waals surface area contributed by atoms with Crippen molar-refractivity contribution in [3.8, 4) is 0 Å². The van der Waals surface area contributed by atoms with Crippen molar-refractivity contribution in [3.05, 3.63) is 56.0 Å². The maximum atomic E-state index is 13.5. The van der Waals surface area contributed by atoms with Gasteiger partial charge in [0.15, 0.2) is 0 Å². The van der Waals surface area contributed by atoms with Crippen LogP contribution >= 0.6 is 22.9 Å². The summed E-state index contributed by atoms with van der Waals surface area (Å²) in [6, 6.07) is 7.22. The van der Waals surface area contributed by atoms with Gasteiger partial charge in [0.1, 0.15) is 5.82 Å². The van der Waals surface area contributed by atoms with E-state index in [0.29, 0.717) is 0 Å². The fourth-order valence-electron chi connectivity index (χ4n) is 2.49. The molecule has 4 heteroatoms. The third kappa shape index (κ3) is 3.40. The largest absolute Gasteiger partial charge is 0.306 e. The van der Waals surface area contributed by atoms with Gasteiger partial charge in [0, 0.05) is 4.88 Å². The molecule has 2 aromatic rings. The summed E-state index contributed by atoms with van der Waals surface area (Å²) in [6.07, 6.45) is 1.05. The molecule has 20 heavy (non-hydrogen) atoms. The monoisotopic (exact) mass is 311 g/mol. The second-order valence-electron chi connectivity index (χ2n) is 4.98. The number of hydrogen-bond donors (Lipinski definition) is 1. The highest BCUT2D eigenvalue weighted by Gasteiger charge is 2.20. The van der Waals surface area contributed by atoms with Crippen molar-refractivity contribution in [2.24, 2.45) is 0 Å². The van der Waals surface area contributed by atoms with Gasteiger partial charge in [-0.25, -0.2) is 4.39 Å². The first-order chi connectivity index (χ1) is 9.52. The van der Waals surface area contributed by atoms with Crippen LogP contribution in [0.5, 0.6) is 0 Å². The Morgan fingerprint density at radius 1 is 1.25 bits per heavy atom. The molecule has 0 amide bonds. The molecular weight excluding hydrogens is 293 g/mol. The summed E-state index contributed by atoms with van der Waals surface area (Å²) in [7, 11) is 0. The predicted molar refractivity (Wildman–Crippen MR) is 85.3 cm³/mol. The number of thiophene rings is 1. The summed E-state index contributed by atoms with van der Waals surface area (Å²) in [5, 5.41) is 3.55. The number of hydrogen-bond acceptors (Lipinski definition) is 2. The molecule has 1 N–H and O–H groups in total. The molecule has 0 fully saturated rings. The molecule has 0 spiro atoms. The minimum Gasteiger partial charge on any atom is -0.306 e. The zero-order valence-corrected chi connectivity index (χ0v) is 13.5. The molecule has 1 nitrogen and oxygen atoms in total. The van der Waals surface area contributed by atoms with Gasteiger partial charge in [-0.15, -0.1) is 11.3 Å². The van der Waals surface area contributed by atoms with E-state index in [0.717, 1.165) is 34.0 Å². The van der Waals surface area contributed by atoms with Crippen molar-refractivity contribution in [1.29, 1.82) is 0 Å². The zero-order valence-electron chi connectivity index (χ0n) is 12.0. The van der Waals surface area contributed by atoms with E-state index < -0.39 is 0 Å².